The van der Waals surface area contributed by atoms with E-state index in [1.165, 1.54) is 11.0 Å². The van der Waals surface area contributed by atoms with Gasteiger partial charge >= 0.3 is 6.18 Å². The van der Waals surface area contributed by atoms with Gasteiger partial charge in [0.25, 0.3) is 0 Å². The van der Waals surface area contributed by atoms with Crippen molar-refractivity contribution in [3.63, 3.8) is 0 Å². The number of carbonyl (C=O) groups excluding carboxylic acids is 2. The lowest BCUT2D eigenvalue weighted by Crippen LogP contribution is -2.36. The number of rotatable bonds is 4. The molecule has 0 spiro atoms. The van der Waals surface area contributed by atoms with Gasteiger partial charge in [-0.1, -0.05) is 12.1 Å². The van der Waals surface area contributed by atoms with Crippen LogP contribution in [0.2, 0.25) is 0 Å². The second kappa shape index (κ2) is 7.26. The Balaban J connectivity index is 1.63. The van der Waals surface area contributed by atoms with Crippen molar-refractivity contribution in [3.8, 4) is 0 Å². The van der Waals surface area contributed by atoms with Crippen molar-refractivity contribution < 1.29 is 22.8 Å². The van der Waals surface area contributed by atoms with Crippen LogP contribution in [0.15, 0.2) is 24.3 Å². The summed E-state index contributed by atoms with van der Waals surface area (Å²) in [4.78, 5) is 28.0. The molecule has 2 saturated heterocycles. The number of amides is 2. The zero-order valence-corrected chi connectivity index (χ0v) is 14.3. The highest BCUT2D eigenvalue weighted by Gasteiger charge is 2.38. The van der Waals surface area contributed by atoms with E-state index in [4.69, 9.17) is 5.73 Å². The molecular weight excluding hydrogens is 347 g/mol. The minimum atomic E-state index is -4.42. The molecule has 3 rings (SSSR count). The molecule has 5 nitrogen and oxygen atoms in total. The third-order valence-corrected chi connectivity index (χ3v) is 5.12. The van der Waals surface area contributed by atoms with Crippen LogP contribution in [0.3, 0.4) is 0 Å². The van der Waals surface area contributed by atoms with Crippen molar-refractivity contribution in [3.05, 3.63) is 35.4 Å². The Kier molecular flexibility index (Phi) is 5.22. The van der Waals surface area contributed by atoms with E-state index in [1.807, 2.05) is 0 Å². The first kappa shape index (κ1) is 18.7. The fourth-order valence-corrected chi connectivity index (χ4v) is 3.64. The molecule has 2 N–H and O–H groups in total. The molecule has 26 heavy (non-hydrogen) atoms. The molecule has 0 aromatic heterocycles. The minimum Gasteiger partial charge on any atom is -0.342 e. The van der Waals surface area contributed by atoms with Crippen LogP contribution in [0.4, 0.5) is 13.2 Å². The standard InChI is InChI=1S/C18H22F3N3O2/c19-18(20,21)15-3-1-2-12(6-15)9-24-11-14(7-16(24)25)17(26)23-5-4-13(8-22)10-23/h1-3,6,13-14H,4-5,7-11,22H2. The molecule has 2 fully saturated rings. The normalized spacial score (nSPS) is 23.8. The summed E-state index contributed by atoms with van der Waals surface area (Å²) in [7, 11) is 0. The number of nitrogens with two attached hydrogens (primary N) is 1. The van der Waals surface area contributed by atoms with Gasteiger partial charge in [-0.15, -0.1) is 0 Å². The lowest BCUT2D eigenvalue weighted by molar-refractivity contribution is -0.137. The zero-order chi connectivity index (χ0) is 18.9. The number of benzene rings is 1. The zero-order valence-electron chi connectivity index (χ0n) is 14.3. The monoisotopic (exact) mass is 369 g/mol. The third kappa shape index (κ3) is 4.00. The highest BCUT2D eigenvalue weighted by Crippen LogP contribution is 2.30. The molecule has 1 aromatic carbocycles. The second-order valence-electron chi connectivity index (χ2n) is 7.05. The summed E-state index contributed by atoms with van der Waals surface area (Å²) in [5, 5.41) is 0. The molecule has 8 heteroatoms. The van der Waals surface area contributed by atoms with E-state index in [1.54, 1.807) is 11.0 Å². The first-order valence-electron chi connectivity index (χ1n) is 8.70. The molecule has 2 atom stereocenters. The first-order valence-corrected chi connectivity index (χ1v) is 8.70. The number of nitrogens with zero attached hydrogens (tertiary/aromatic N) is 2. The number of hydrogen-bond donors (Lipinski definition) is 1. The van der Waals surface area contributed by atoms with Gasteiger partial charge in [0.2, 0.25) is 11.8 Å². The van der Waals surface area contributed by atoms with Crippen molar-refractivity contribution in [1.82, 2.24) is 9.80 Å². The average molecular weight is 369 g/mol. The minimum absolute atomic E-state index is 0.0548. The van der Waals surface area contributed by atoms with Crippen LogP contribution in [-0.4, -0.2) is 47.8 Å². The number of alkyl halides is 3. The van der Waals surface area contributed by atoms with E-state index in [2.05, 4.69) is 0 Å². The molecule has 2 aliphatic heterocycles. The molecule has 1 aromatic rings. The largest absolute Gasteiger partial charge is 0.416 e. The Morgan fingerprint density at radius 1 is 1.27 bits per heavy atom. The lowest BCUT2D eigenvalue weighted by atomic mass is 10.1. The quantitative estimate of drug-likeness (QED) is 0.881. The average Bonchev–Trinajstić information content (AvgIpc) is 3.21. The van der Waals surface area contributed by atoms with Gasteiger partial charge in [0.1, 0.15) is 0 Å². The van der Waals surface area contributed by atoms with E-state index in [-0.39, 0.29) is 31.3 Å². The summed E-state index contributed by atoms with van der Waals surface area (Å²) in [6.07, 6.45) is -3.43. The smallest absolute Gasteiger partial charge is 0.342 e. The van der Waals surface area contributed by atoms with Gasteiger partial charge in [-0.25, -0.2) is 0 Å². The topological polar surface area (TPSA) is 66.6 Å². The highest BCUT2D eigenvalue weighted by molar-refractivity contribution is 5.89. The van der Waals surface area contributed by atoms with Crippen molar-refractivity contribution in [2.45, 2.75) is 25.6 Å². The van der Waals surface area contributed by atoms with Crippen molar-refractivity contribution in [2.24, 2.45) is 17.6 Å². The molecule has 0 saturated carbocycles. The molecular formula is C18H22F3N3O2. The van der Waals surface area contributed by atoms with Crippen molar-refractivity contribution in [1.29, 1.82) is 0 Å². The first-order chi connectivity index (χ1) is 12.3. The molecule has 0 bridgehead atoms. The molecule has 2 heterocycles. The number of hydrogen-bond acceptors (Lipinski definition) is 3. The van der Waals surface area contributed by atoms with E-state index in [0.717, 1.165) is 18.6 Å². The fourth-order valence-electron chi connectivity index (χ4n) is 3.64. The third-order valence-electron chi connectivity index (χ3n) is 5.12. The Labute approximate surface area is 149 Å². The SMILES string of the molecule is NCC1CCN(C(=O)C2CC(=O)N(Cc3cccc(C(F)(F)F)c3)C2)C1. The van der Waals surface area contributed by atoms with Gasteiger partial charge in [-0.3, -0.25) is 9.59 Å². The number of carbonyl (C=O) groups is 2. The van der Waals surface area contributed by atoms with Crippen LogP contribution in [0.5, 0.6) is 0 Å². The molecule has 2 unspecified atom stereocenters. The lowest BCUT2D eigenvalue weighted by Gasteiger charge is -2.21. The van der Waals surface area contributed by atoms with Gasteiger partial charge in [0.15, 0.2) is 0 Å². The Morgan fingerprint density at radius 2 is 2.04 bits per heavy atom. The van der Waals surface area contributed by atoms with Crippen LogP contribution >= 0.6 is 0 Å². The van der Waals surface area contributed by atoms with Crippen LogP contribution in [0.25, 0.3) is 0 Å². The van der Waals surface area contributed by atoms with Gasteiger partial charge < -0.3 is 15.5 Å². The predicted molar refractivity (Wildman–Crippen MR) is 88.7 cm³/mol. The maximum Gasteiger partial charge on any atom is 0.416 e. The molecule has 2 amide bonds. The summed E-state index contributed by atoms with van der Waals surface area (Å²) in [6.45, 7) is 2.14. The number of likely N-dealkylation sites (tertiary alicyclic amines) is 2. The van der Waals surface area contributed by atoms with Gasteiger partial charge in [-0.2, -0.15) is 13.2 Å². The van der Waals surface area contributed by atoms with E-state index in [0.29, 0.717) is 31.1 Å². The van der Waals surface area contributed by atoms with Crippen LogP contribution in [0, 0.1) is 11.8 Å². The van der Waals surface area contributed by atoms with Crippen molar-refractivity contribution >= 4 is 11.8 Å². The predicted octanol–water partition coefficient (Wildman–Crippen LogP) is 1.86. The fraction of sp³-hybridized carbons (Fsp3) is 0.556. The van der Waals surface area contributed by atoms with Crippen LogP contribution in [-0.2, 0) is 22.3 Å². The maximum atomic E-state index is 12.8. The highest BCUT2D eigenvalue weighted by atomic mass is 19.4. The van der Waals surface area contributed by atoms with Gasteiger partial charge in [-0.05, 0) is 36.6 Å². The summed E-state index contributed by atoms with van der Waals surface area (Å²) in [6, 6.07) is 4.94. The Morgan fingerprint density at radius 3 is 2.69 bits per heavy atom. The Bertz CT molecular complexity index is 693. The molecule has 2 aliphatic rings. The summed E-state index contributed by atoms with van der Waals surface area (Å²) < 4.78 is 38.5. The summed E-state index contributed by atoms with van der Waals surface area (Å²) in [5.41, 5.74) is 5.31. The summed E-state index contributed by atoms with van der Waals surface area (Å²) >= 11 is 0. The van der Waals surface area contributed by atoms with E-state index >= 15 is 0 Å². The van der Waals surface area contributed by atoms with Crippen molar-refractivity contribution in [2.75, 3.05) is 26.2 Å². The van der Waals surface area contributed by atoms with E-state index < -0.39 is 17.7 Å². The molecule has 142 valence electrons. The summed E-state index contributed by atoms with van der Waals surface area (Å²) in [5.74, 6) is -0.377. The second-order valence-corrected chi connectivity index (χ2v) is 7.05. The molecule has 0 aliphatic carbocycles. The molecule has 0 radical (unpaired) electrons. The number of halogens is 3. The van der Waals surface area contributed by atoms with E-state index in [9.17, 15) is 22.8 Å². The van der Waals surface area contributed by atoms with Crippen LogP contribution in [0.1, 0.15) is 24.0 Å². The maximum absolute atomic E-state index is 12.8. The van der Waals surface area contributed by atoms with Gasteiger partial charge in [0.05, 0.1) is 11.5 Å². The van der Waals surface area contributed by atoms with Crippen LogP contribution < -0.4 is 5.73 Å². The van der Waals surface area contributed by atoms with Gasteiger partial charge in [0, 0.05) is 32.6 Å². The Hall–Kier alpha value is -2.09.